The second kappa shape index (κ2) is 10.0. The van der Waals surface area contributed by atoms with Crippen molar-refractivity contribution in [2.75, 3.05) is 38.2 Å². The highest BCUT2D eigenvalue weighted by Gasteiger charge is 2.42. The largest absolute Gasteiger partial charge is 0.495 e. The van der Waals surface area contributed by atoms with Gasteiger partial charge in [0, 0.05) is 50.3 Å². The standard InChI is InChI=1S/C25H23BrClF3N2O2/c1-34-21-15-18(7-8-20(21)26)31-9-11-32(12-10-31)22(33)14-17-13-19(25(28,29)30)24(27)23(17)16-5-3-2-4-6-16/h2-8,13,15,17H,9-12,14H2,1H3. The van der Waals surface area contributed by atoms with E-state index in [2.05, 4.69) is 20.8 Å². The van der Waals surface area contributed by atoms with Crippen molar-refractivity contribution < 1.29 is 22.7 Å². The van der Waals surface area contributed by atoms with Gasteiger partial charge in [-0.2, -0.15) is 13.2 Å². The summed E-state index contributed by atoms with van der Waals surface area (Å²) in [5.41, 5.74) is 1.06. The SMILES string of the molecule is COc1cc(N2CCN(C(=O)CC3C=C(C(F)(F)F)C(Cl)=C3c3ccccc3)CC2)ccc1Br. The molecule has 1 amide bonds. The number of methoxy groups -OCH3 is 1. The van der Waals surface area contributed by atoms with Crippen molar-refractivity contribution in [3.63, 3.8) is 0 Å². The first-order valence-corrected chi connectivity index (χ1v) is 12.0. The fraction of sp³-hybridized carbons (Fsp3) is 0.320. The Kier molecular flexibility index (Phi) is 7.28. The third-order valence-electron chi connectivity index (χ3n) is 6.13. The maximum absolute atomic E-state index is 13.5. The molecular weight excluding hydrogens is 533 g/mol. The van der Waals surface area contributed by atoms with Gasteiger partial charge < -0.3 is 14.5 Å². The molecule has 1 saturated heterocycles. The van der Waals surface area contributed by atoms with E-state index in [1.807, 2.05) is 18.2 Å². The lowest BCUT2D eigenvalue weighted by Gasteiger charge is -2.36. The minimum atomic E-state index is -4.58. The zero-order chi connectivity index (χ0) is 24.5. The number of halogens is 5. The zero-order valence-electron chi connectivity index (χ0n) is 18.4. The smallest absolute Gasteiger partial charge is 0.417 e. The lowest BCUT2D eigenvalue weighted by atomic mass is 9.92. The van der Waals surface area contributed by atoms with Crippen LogP contribution in [-0.2, 0) is 4.79 Å². The molecule has 0 spiro atoms. The summed E-state index contributed by atoms with van der Waals surface area (Å²) in [5.74, 6) is -0.190. The molecule has 2 aromatic carbocycles. The first-order valence-electron chi connectivity index (χ1n) is 10.8. The molecule has 0 radical (unpaired) electrons. The predicted molar refractivity (Wildman–Crippen MR) is 131 cm³/mol. The first-order chi connectivity index (χ1) is 16.2. The molecule has 34 heavy (non-hydrogen) atoms. The number of hydrogen-bond acceptors (Lipinski definition) is 3. The molecule has 4 rings (SSSR count). The van der Waals surface area contributed by atoms with Gasteiger partial charge in [0.05, 0.1) is 22.2 Å². The van der Waals surface area contributed by atoms with Crippen LogP contribution in [0.5, 0.6) is 5.75 Å². The summed E-state index contributed by atoms with van der Waals surface area (Å²) in [7, 11) is 1.60. The van der Waals surface area contributed by atoms with Crippen LogP contribution in [0.3, 0.4) is 0 Å². The van der Waals surface area contributed by atoms with Crippen molar-refractivity contribution in [3.8, 4) is 5.75 Å². The van der Waals surface area contributed by atoms with E-state index in [-0.39, 0.29) is 17.4 Å². The summed E-state index contributed by atoms with van der Waals surface area (Å²) in [4.78, 5) is 17.0. The van der Waals surface area contributed by atoms with Gasteiger partial charge in [-0.05, 0) is 39.2 Å². The highest BCUT2D eigenvalue weighted by Crippen LogP contribution is 2.47. The molecule has 9 heteroatoms. The summed E-state index contributed by atoms with van der Waals surface area (Å²) in [5, 5.41) is -0.328. The molecule has 0 bridgehead atoms. The molecule has 4 nitrogen and oxygen atoms in total. The molecule has 0 aromatic heterocycles. The normalized spacial score (nSPS) is 18.9. The van der Waals surface area contributed by atoms with Crippen molar-refractivity contribution in [1.29, 1.82) is 0 Å². The van der Waals surface area contributed by atoms with Gasteiger partial charge >= 0.3 is 6.18 Å². The van der Waals surface area contributed by atoms with E-state index in [4.69, 9.17) is 16.3 Å². The summed E-state index contributed by atoms with van der Waals surface area (Å²) in [6.07, 6.45) is -3.55. The summed E-state index contributed by atoms with van der Waals surface area (Å²) in [6, 6.07) is 14.5. The van der Waals surface area contributed by atoms with Gasteiger partial charge in [-0.3, -0.25) is 4.79 Å². The van der Waals surface area contributed by atoms with Crippen LogP contribution >= 0.6 is 27.5 Å². The van der Waals surface area contributed by atoms with E-state index in [0.29, 0.717) is 37.3 Å². The van der Waals surface area contributed by atoms with E-state index < -0.39 is 17.7 Å². The number of rotatable bonds is 5. The summed E-state index contributed by atoms with van der Waals surface area (Å²) < 4.78 is 46.9. The van der Waals surface area contributed by atoms with Crippen LogP contribution in [0, 0.1) is 5.92 Å². The monoisotopic (exact) mass is 554 g/mol. The van der Waals surface area contributed by atoms with Crippen LogP contribution in [-0.4, -0.2) is 50.3 Å². The molecule has 1 heterocycles. The van der Waals surface area contributed by atoms with Crippen LogP contribution in [0.15, 0.2) is 69.7 Å². The number of benzene rings is 2. The van der Waals surface area contributed by atoms with Crippen LogP contribution in [0.2, 0.25) is 0 Å². The zero-order valence-corrected chi connectivity index (χ0v) is 20.8. The average molecular weight is 556 g/mol. The highest BCUT2D eigenvalue weighted by molar-refractivity contribution is 9.10. The van der Waals surface area contributed by atoms with Crippen molar-refractivity contribution in [2.45, 2.75) is 12.6 Å². The van der Waals surface area contributed by atoms with Crippen molar-refractivity contribution in [1.82, 2.24) is 4.90 Å². The van der Waals surface area contributed by atoms with E-state index >= 15 is 0 Å². The average Bonchev–Trinajstić information content (AvgIpc) is 3.16. The molecule has 1 aliphatic heterocycles. The lowest BCUT2D eigenvalue weighted by Crippen LogP contribution is -2.49. The van der Waals surface area contributed by atoms with Crippen LogP contribution in [0.4, 0.5) is 18.9 Å². The Morgan fingerprint density at radius 2 is 1.79 bits per heavy atom. The van der Waals surface area contributed by atoms with Gasteiger partial charge in [0.25, 0.3) is 0 Å². The fourth-order valence-corrected chi connectivity index (χ4v) is 5.21. The molecular formula is C25H23BrClF3N2O2. The number of hydrogen-bond donors (Lipinski definition) is 0. The molecule has 1 unspecified atom stereocenters. The molecule has 1 aliphatic carbocycles. The van der Waals surface area contributed by atoms with Crippen LogP contribution in [0.25, 0.3) is 5.57 Å². The highest BCUT2D eigenvalue weighted by atomic mass is 79.9. The Hall–Kier alpha value is -2.45. The van der Waals surface area contributed by atoms with Gasteiger partial charge in [0.2, 0.25) is 5.91 Å². The second-order valence-corrected chi connectivity index (χ2v) is 9.40. The Bertz CT molecular complexity index is 1130. The number of amides is 1. The second-order valence-electron chi connectivity index (χ2n) is 8.17. The number of anilines is 1. The van der Waals surface area contributed by atoms with Crippen LogP contribution in [0.1, 0.15) is 12.0 Å². The summed E-state index contributed by atoms with van der Waals surface area (Å²) in [6.45, 7) is 2.20. The predicted octanol–water partition coefficient (Wildman–Crippen LogP) is 6.27. The van der Waals surface area contributed by atoms with E-state index in [9.17, 15) is 18.0 Å². The summed E-state index contributed by atoms with van der Waals surface area (Å²) >= 11 is 9.64. The number of carbonyl (C=O) groups is 1. The Labute approximate surface area is 209 Å². The molecule has 1 atom stereocenters. The van der Waals surface area contributed by atoms with Gasteiger partial charge in [0.1, 0.15) is 5.75 Å². The van der Waals surface area contributed by atoms with Crippen LogP contribution < -0.4 is 9.64 Å². The molecule has 2 aromatic rings. The molecule has 0 saturated carbocycles. The first kappa shape index (κ1) is 24.7. The van der Waals surface area contributed by atoms with Crippen molar-refractivity contribution in [2.24, 2.45) is 5.92 Å². The van der Waals surface area contributed by atoms with E-state index in [1.165, 1.54) is 0 Å². The third kappa shape index (κ3) is 5.13. The number of nitrogens with zero attached hydrogens (tertiary/aromatic N) is 2. The van der Waals surface area contributed by atoms with Crippen molar-refractivity contribution in [3.05, 3.63) is 75.2 Å². The number of piperazine rings is 1. The fourth-order valence-electron chi connectivity index (χ4n) is 4.38. The van der Waals surface area contributed by atoms with E-state index in [1.54, 1.807) is 42.3 Å². The molecule has 1 fully saturated rings. The Balaban J connectivity index is 1.46. The lowest BCUT2D eigenvalue weighted by molar-refractivity contribution is -0.131. The van der Waals surface area contributed by atoms with Gasteiger partial charge in [-0.1, -0.05) is 48.0 Å². The molecule has 0 N–H and O–H groups in total. The Morgan fingerprint density at radius 1 is 1.12 bits per heavy atom. The molecule has 2 aliphatic rings. The van der Waals surface area contributed by atoms with Gasteiger partial charge in [0.15, 0.2) is 0 Å². The van der Waals surface area contributed by atoms with E-state index in [0.717, 1.165) is 22.0 Å². The van der Waals surface area contributed by atoms with Gasteiger partial charge in [-0.15, -0.1) is 0 Å². The minimum absolute atomic E-state index is 0.0634. The minimum Gasteiger partial charge on any atom is -0.495 e. The van der Waals surface area contributed by atoms with Crippen molar-refractivity contribution >= 4 is 44.7 Å². The maximum atomic E-state index is 13.5. The maximum Gasteiger partial charge on any atom is 0.417 e. The topological polar surface area (TPSA) is 32.8 Å². The number of allylic oxidation sites excluding steroid dienone is 4. The number of ether oxygens (including phenoxy) is 1. The van der Waals surface area contributed by atoms with Gasteiger partial charge in [-0.25, -0.2) is 0 Å². The Morgan fingerprint density at radius 3 is 2.41 bits per heavy atom. The number of alkyl halides is 3. The third-order valence-corrected chi connectivity index (χ3v) is 7.19. The quantitative estimate of drug-likeness (QED) is 0.436. The number of carbonyl (C=O) groups excluding carboxylic acids is 1. The molecule has 180 valence electrons.